The molecule has 0 saturated carbocycles. The largest absolute Gasteiger partial charge is 0.497 e. The molecule has 1 aliphatic heterocycles. The highest BCUT2D eigenvalue weighted by atomic mass is 16.5. The fourth-order valence-corrected chi connectivity index (χ4v) is 3.00. The first kappa shape index (κ1) is 16.9. The van der Waals surface area contributed by atoms with E-state index in [1.807, 2.05) is 25.1 Å². The first-order valence-corrected chi connectivity index (χ1v) is 8.45. The lowest BCUT2D eigenvalue weighted by Crippen LogP contribution is -2.13. The minimum Gasteiger partial charge on any atom is -0.497 e. The van der Waals surface area contributed by atoms with E-state index in [-0.39, 0.29) is 24.2 Å². The predicted octanol–water partition coefficient (Wildman–Crippen LogP) is 2.29. The van der Waals surface area contributed by atoms with Gasteiger partial charge in [0.2, 0.25) is 11.7 Å². The lowest BCUT2D eigenvalue weighted by Gasteiger charge is -2.05. The Morgan fingerprint density at radius 2 is 2.11 bits per heavy atom. The first-order chi connectivity index (χ1) is 13.0. The van der Waals surface area contributed by atoms with Crippen LogP contribution in [0.15, 0.2) is 42.5 Å². The third-order valence-corrected chi connectivity index (χ3v) is 4.56. The quantitative estimate of drug-likeness (QED) is 0.698. The molecule has 1 aromatic heterocycles. The molecule has 8 heteroatoms. The molecule has 2 heterocycles. The van der Waals surface area contributed by atoms with Gasteiger partial charge in [0.25, 0.3) is 0 Å². The second-order valence-electron chi connectivity index (χ2n) is 6.31. The van der Waals surface area contributed by atoms with Crippen LogP contribution in [0.1, 0.15) is 28.8 Å². The van der Waals surface area contributed by atoms with E-state index in [2.05, 4.69) is 20.7 Å². The number of nitrogens with one attached hydrogen (secondary N) is 1. The molecule has 3 aromatic rings. The Hall–Kier alpha value is -3.55. The second kappa shape index (κ2) is 6.64. The van der Waals surface area contributed by atoms with E-state index >= 15 is 0 Å². The van der Waals surface area contributed by atoms with Crippen LogP contribution in [0.5, 0.6) is 5.75 Å². The number of aromatic nitrogens is 4. The lowest BCUT2D eigenvalue weighted by atomic mass is 9.99. The van der Waals surface area contributed by atoms with E-state index < -0.39 is 0 Å². The van der Waals surface area contributed by atoms with Crippen molar-refractivity contribution < 1.29 is 14.3 Å². The summed E-state index contributed by atoms with van der Waals surface area (Å²) >= 11 is 0. The maximum Gasteiger partial charge on any atom is 0.231 e. The summed E-state index contributed by atoms with van der Waals surface area (Å²) in [5, 5.41) is 15.0. The van der Waals surface area contributed by atoms with Gasteiger partial charge in [0.1, 0.15) is 12.3 Å². The fraction of sp³-hybridized carbons (Fsp3) is 0.211. The number of nitrogens with zero attached hydrogens (tertiary/aromatic N) is 4. The summed E-state index contributed by atoms with van der Waals surface area (Å²) in [7, 11) is 1.59. The van der Waals surface area contributed by atoms with Gasteiger partial charge in [0, 0.05) is 16.8 Å². The van der Waals surface area contributed by atoms with Crippen LogP contribution >= 0.6 is 0 Å². The Balaban J connectivity index is 1.53. The molecule has 0 radical (unpaired) electrons. The van der Waals surface area contributed by atoms with Crippen molar-refractivity contribution in [3.63, 3.8) is 0 Å². The van der Waals surface area contributed by atoms with E-state index in [0.29, 0.717) is 17.1 Å². The van der Waals surface area contributed by atoms with E-state index in [4.69, 9.17) is 4.74 Å². The van der Waals surface area contributed by atoms with Crippen molar-refractivity contribution >= 4 is 17.4 Å². The number of Topliss-reactive ketones (excluding diaryl/α,β-unsaturated/α-hetero) is 1. The number of ether oxygens (including phenoxy) is 1. The maximum absolute atomic E-state index is 12.6. The molecule has 0 saturated heterocycles. The highest BCUT2D eigenvalue weighted by Crippen LogP contribution is 2.32. The summed E-state index contributed by atoms with van der Waals surface area (Å²) in [6, 6.07) is 12.5. The van der Waals surface area contributed by atoms with Gasteiger partial charge in [-0.05, 0) is 48.0 Å². The molecule has 1 atom stereocenters. The number of amides is 1. The average molecular weight is 363 g/mol. The summed E-state index contributed by atoms with van der Waals surface area (Å²) in [5.74, 6) is 0.626. The Morgan fingerprint density at radius 1 is 1.26 bits per heavy atom. The number of anilines is 1. The van der Waals surface area contributed by atoms with Crippen LogP contribution in [0, 0.1) is 0 Å². The number of fused-ring (bicyclic) bond motifs is 1. The highest BCUT2D eigenvalue weighted by Gasteiger charge is 2.27. The molecule has 1 amide bonds. The zero-order valence-electron chi connectivity index (χ0n) is 14.8. The predicted molar refractivity (Wildman–Crippen MR) is 97.6 cm³/mol. The number of ketones is 1. The molecule has 1 aliphatic rings. The molecule has 0 bridgehead atoms. The van der Waals surface area contributed by atoms with Crippen molar-refractivity contribution in [2.24, 2.45) is 0 Å². The van der Waals surface area contributed by atoms with Gasteiger partial charge in [-0.15, -0.1) is 10.2 Å². The Bertz CT molecular complexity index is 1040. The molecule has 4 rings (SSSR count). The lowest BCUT2D eigenvalue weighted by molar-refractivity contribution is -0.116. The van der Waals surface area contributed by atoms with Crippen molar-refractivity contribution in [2.75, 3.05) is 12.4 Å². The maximum atomic E-state index is 12.6. The van der Waals surface area contributed by atoms with Crippen molar-refractivity contribution in [3.8, 4) is 17.1 Å². The van der Waals surface area contributed by atoms with Gasteiger partial charge < -0.3 is 10.1 Å². The number of benzene rings is 2. The minimum atomic E-state index is -0.267. The van der Waals surface area contributed by atoms with Crippen LogP contribution < -0.4 is 10.1 Å². The molecule has 2 aromatic carbocycles. The molecule has 8 nitrogen and oxygen atoms in total. The number of rotatable bonds is 5. The third-order valence-electron chi connectivity index (χ3n) is 4.56. The van der Waals surface area contributed by atoms with Crippen LogP contribution in [0.4, 0.5) is 5.69 Å². The monoisotopic (exact) mass is 363 g/mol. The topological polar surface area (TPSA) is 99.0 Å². The Labute approximate surface area is 155 Å². The molecule has 27 heavy (non-hydrogen) atoms. The van der Waals surface area contributed by atoms with E-state index in [1.165, 1.54) is 4.80 Å². The molecule has 0 fully saturated rings. The highest BCUT2D eigenvalue weighted by molar-refractivity contribution is 6.04. The third kappa shape index (κ3) is 3.17. The molecule has 0 spiro atoms. The van der Waals surface area contributed by atoms with Crippen LogP contribution in [-0.2, 0) is 11.3 Å². The molecule has 136 valence electrons. The number of hydrogen-bond acceptors (Lipinski definition) is 6. The van der Waals surface area contributed by atoms with Crippen molar-refractivity contribution in [1.29, 1.82) is 0 Å². The van der Waals surface area contributed by atoms with Crippen LogP contribution in [-0.4, -0.2) is 39.0 Å². The Kier molecular flexibility index (Phi) is 4.15. The van der Waals surface area contributed by atoms with Crippen LogP contribution in [0.2, 0.25) is 0 Å². The summed E-state index contributed by atoms with van der Waals surface area (Å²) in [4.78, 5) is 25.6. The molecular weight excluding hydrogens is 346 g/mol. The number of tetrazole rings is 1. The SMILES string of the molecule is COc1cccc(-c2nnn(CC(=O)c3ccc4c(c3)[C@H](C)C(=O)N4)n2)c1. The van der Waals surface area contributed by atoms with Gasteiger partial charge in [-0.2, -0.15) is 4.80 Å². The summed E-state index contributed by atoms with van der Waals surface area (Å²) in [5.41, 5.74) is 2.85. The normalized spacial score (nSPS) is 15.3. The summed E-state index contributed by atoms with van der Waals surface area (Å²) in [6.45, 7) is 1.78. The van der Waals surface area contributed by atoms with E-state index in [0.717, 1.165) is 16.8 Å². The molecule has 0 aliphatic carbocycles. The van der Waals surface area contributed by atoms with Gasteiger partial charge in [0.15, 0.2) is 5.78 Å². The minimum absolute atomic E-state index is 0.0362. The Morgan fingerprint density at radius 3 is 2.93 bits per heavy atom. The van der Waals surface area contributed by atoms with Crippen molar-refractivity contribution in [1.82, 2.24) is 20.2 Å². The van der Waals surface area contributed by atoms with Crippen molar-refractivity contribution in [2.45, 2.75) is 19.4 Å². The zero-order valence-corrected chi connectivity index (χ0v) is 14.8. The smallest absolute Gasteiger partial charge is 0.231 e. The molecule has 1 N–H and O–H groups in total. The standard InChI is InChI=1S/C19H17N5O3/c1-11-15-9-12(6-7-16(15)20-19(11)26)17(25)10-24-22-18(21-23-24)13-4-3-5-14(8-13)27-2/h3-9,11H,10H2,1-2H3,(H,20,26)/t11-/m0/s1. The van der Waals surface area contributed by atoms with E-state index in [9.17, 15) is 9.59 Å². The number of hydrogen-bond donors (Lipinski definition) is 1. The van der Waals surface area contributed by atoms with Gasteiger partial charge in [-0.1, -0.05) is 12.1 Å². The second-order valence-corrected chi connectivity index (χ2v) is 6.31. The fourth-order valence-electron chi connectivity index (χ4n) is 3.00. The number of methoxy groups -OCH3 is 1. The zero-order chi connectivity index (χ0) is 19.0. The first-order valence-electron chi connectivity index (χ1n) is 8.45. The number of carbonyl (C=O) groups is 2. The van der Waals surface area contributed by atoms with Gasteiger partial charge in [-0.3, -0.25) is 9.59 Å². The van der Waals surface area contributed by atoms with Gasteiger partial charge in [0.05, 0.1) is 13.0 Å². The number of carbonyl (C=O) groups excluding carboxylic acids is 2. The summed E-state index contributed by atoms with van der Waals surface area (Å²) in [6.07, 6.45) is 0. The molecule has 0 unspecified atom stereocenters. The summed E-state index contributed by atoms with van der Waals surface area (Å²) < 4.78 is 5.19. The van der Waals surface area contributed by atoms with Crippen LogP contribution in [0.3, 0.4) is 0 Å². The van der Waals surface area contributed by atoms with Crippen molar-refractivity contribution in [3.05, 3.63) is 53.6 Å². The van der Waals surface area contributed by atoms with E-state index in [1.54, 1.807) is 31.4 Å². The molecular formula is C19H17N5O3. The average Bonchev–Trinajstić information content (AvgIpc) is 3.26. The van der Waals surface area contributed by atoms with Gasteiger partial charge >= 0.3 is 0 Å². The van der Waals surface area contributed by atoms with Gasteiger partial charge in [-0.25, -0.2) is 0 Å². The van der Waals surface area contributed by atoms with Crippen LogP contribution in [0.25, 0.3) is 11.4 Å².